The molecule has 2 rings (SSSR count). The van der Waals surface area contributed by atoms with Gasteiger partial charge >= 0.3 is 0 Å². The van der Waals surface area contributed by atoms with Crippen LogP contribution in [0.5, 0.6) is 0 Å². The van der Waals surface area contributed by atoms with Crippen molar-refractivity contribution in [2.75, 3.05) is 7.05 Å². The summed E-state index contributed by atoms with van der Waals surface area (Å²) in [7, 11) is 1.71. The van der Waals surface area contributed by atoms with Crippen LogP contribution < -0.4 is 5.32 Å². The van der Waals surface area contributed by atoms with Gasteiger partial charge in [-0.25, -0.2) is 0 Å². The molecule has 0 spiro atoms. The maximum Gasteiger partial charge on any atom is 0.219 e. The van der Waals surface area contributed by atoms with E-state index < -0.39 is 0 Å². The number of unbranched alkanes of at least 4 members (excludes halogenated alkanes) is 1. The molecule has 1 fully saturated rings. The van der Waals surface area contributed by atoms with Crippen LogP contribution >= 0.6 is 0 Å². The Morgan fingerprint density at radius 1 is 1.22 bits per heavy atom. The lowest BCUT2D eigenvalue weighted by Crippen LogP contribution is -2.18. The lowest BCUT2D eigenvalue weighted by molar-refractivity contribution is -0.120. The molecule has 0 aromatic carbocycles. The van der Waals surface area contributed by atoms with Gasteiger partial charge in [0.15, 0.2) is 0 Å². The molecule has 0 heterocycles. The van der Waals surface area contributed by atoms with E-state index in [4.69, 9.17) is 0 Å². The van der Waals surface area contributed by atoms with Gasteiger partial charge in [-0.15, -0.1) is 0 Å². The van der Waals surface area contributed by atoms with E-state index in [0.29, 0.717) is 0 Å². The molecule has 2 aliphatic carbocycles. The van der Waals surface area contributed by atoms with Gasteiger partial charge in [0.05, 0.1) is 0 Å². The lowest BCUT2D eigenvalue weighted by Gasteiger charge is -2.06. The maximum absolute atomic E-state index is 10.9. The summed E-state index contributed by atoms with van der Waals surface area (Å²) in [5.74, 6) is 1.03. The van der Waals surface area contributed by atoms with Crippen molar-refractivity contribution < 1.29 is 4.79 Å². The van der Waals surface area contributed by atoms with Gasteiger partial charge in [0.25, 0.3) is 0 Å². The van der Waals surface area contributed by atoms with E-state index >= 15 is 0 Å². The quantitative estimate of drug-likeness (QED) is 0.512. The van der Waals surface area contributed by atoms with E-state index in [0.717, 1.165) is 25.2 Å². The highest BCUT2D eigenvalue weighted by atomic mass is 16.1. The zero-order valence-electron chi connectivity index (χ0n) is 18.4. The van der Waals surface area contributed by atoms with E-state index in [1.165, 1.54) is 56.1 Å². The smallest absolute Gasteiger partial charge is 0.219 e. The SMILES string of the molecule is CC=N/C=C(\C)C1=CCCC=C1.CCCC.CNC(=O)CCC1CCCC1. The average Bonchev–Trinajstić information content (AvgIpc) is 3.25. The fourth-order valence-electron chi connectivity index (χ4n) is 2.93. The van der Waals surface area contributed by atoms with Crippen molar-refractivity contribution in [2.24, 2.45) is 10.9 Å². The van der Waals surface area contributed by atoms with Gasteiger partial charge in [-0.1, -0.05) is 70.6 Å². The van der Waals surface area contributed by atoms with Gasteiger partial charge in [-0.05, 0) is 50.2 Å². The standard InChI is InChI=1S/C11H15N.C9H17NO.C4H10/c1-3-12-9-10(2)11-7-5-4-6-8-11;1-10-9(11)7-6-8-4-2-3-5-8;1-3-4-2/h3,5,7-9H,4,6H2,1-2H3;8H,2-7H2,1H3,(H,10,11);3-4H2,1-2H3/b10-9+,12-3?;;. The highest BCUT2D eigenvalue weighted by Gasteiger charge is 2.15. The molecule has 0 radical (unpaired) electrons. The summed E-state index contributed by atoms with van der Waals surface area (Å²) in [4.78, 5) is 14.9. The van der Waals surface area contributed by atoms with Crippen LogP contribution in [0.3, 0.4) is 0 Å². The Bertz CT molecular complexity index is 493. The zero-order valence-corrected chi connectivity index (χ0v) is 18.4. The van der Waals surface area contributed by atoms with Gasteiger partial charge in [0.1, 0.15) is 0 Å². The van der Waals surface area contributed by atoms with Crippen molar-refractivity contribution >= 4 is 12.1 Å². The van der Waals surface area contributed by atoms with Crippen molar-refractivity contribution in [3.05, 3.63) is 35.6 Å². The van der Waals surface area contributed by atoms with Crippen LogP contribution in [-0.2, 0) is 4.79 Å². The monoisotopic (exact) mass is 374 g/mol. The molecule has 3 heteroatoms. The van der Waals surface area contributed by atoms with E-state index in [-0.39, 0.29) is 5.91 Å². The summed E-state index contributed by atoms with van der Waals surface area (Å²) in [5.41, 5.74) is 2.55. The third-order valence-electron chi connectivity index (χ3n) is 4.90. The molecule has 0 aromatic rings. The largest absolute Gasteiger partial charge is 0.359 e. The van der Waals surface area contributed by atoms with Crippen LogP contribution in [0.2, 0.25) is 0 Å². The average molecular weight is 375 g/mol. The molecular weight excluding hydrogens is 332 g/mol. The van der Waals surface area contributed by atoms with Crippen LogP contribution in [0.1, 0.15) is 91.9 Å². The van der Waals surface area contributed by atoms with E-state index in [9.17, 15) is 4.79 Å². The highest BCUT2D eigenvalue weighted by molar-refractivity contribution is 5.75. The first kappa shape index (κ1) is 25.4. The summed E-state index contributed by atoms with van der Waals surface area (Å²) >= 11 is 0. The number of amides is 1. The minimum atomic E-state index is 0.192. The summed E-state index contributed by atoms with van der Waals surface area (Å²) in [6.07, 6.45) is 22.6. The van der Waals surface area contributed by atoms with Crippen LogP contribution in [-0.4, -0.2) is 19.2 Å². The van der Waals surface area contributed by atoms with Crippen molar-refractivity contribution in [1.82, 2.24) is 5.32 Å². The molecule has 0 atom stereocenters. The number of hydrogen-bond donors (Lipinski definition) is 1. The zero-order chi connectivity index (χ0) is 20.3. The van der Waals surface area contributed by atoms with Gasteiger partial charge in [0.2, 0.25) is 5.91 Å². The maximum atomic E-state index is 10.9. The van der Waals surface area contributed by atoms with Crippen LogP contribution in [0.15, 0.2) is 40.6 Å². The molecule has 0 saturated heterocycles. The molecule has 1 amide bonds. The van der Waals surface area contributed by atoms with Crippen molar-refractivity contribution in [3.63, 3.8) is 0 Å². The number of rotatable bonds is 6. The first-order valence-corrected chi connectivity index (χ1v) is 10.8. The van der Waals surface area contributed by atoms with Crippen LogP contribution in [0, 0.1) is 5.92 Å². The number of carbonyl (C=O) groups excluding carboxylic acids is 1. The molecule has 0 bridgehead atoms. The summed E-state index contributed by atoms with van der Waals surface area (Å²) in [5, 5.41) is 2.65. The topological polar surface area (TPSA) is 41.5 Å². The first-order chi connectivity index (χ1) is 13.1. The molecule has 2 aliphatic rings. The van der Waals surface area contributed by atoms with Crippen LogP contribution in [0.4, 0.5) is 0 Å². The second kappa shape index (κ2) is 17.8. The number of hydrogen-bond acceptors (Lipinski definition) is 2. The number of nitrogens with one attached hydrogen (secondary N) is 1. The second-order valence-electron chi connectivity index (χ2n) is 7.22. The molecule has 1 N–H and O–H groups in total. The van der Waals surface area contributed by atoms with Gasteiger partial charge < -0.3 is 5.32 Å². The second-order valence-corrected chi connectivity index (χ2v) is 7.22. The minimum Gasteiger partial charge on any atom is -0.359 e. The fourth-order valence-corrected chi connectivity index (χ4v) is 2.93. The Balaban J connectivity index is 0.000000421. The molecule has 3 nitrogen and oxygen atoms in total. The third kappa shape index (κ3) is 14.1. The summed E-state index contributed by atoms with van der Waals surface area (Å²) in [6.45, 7) is 8.38. The molecule has 0 aromatic heterocycles. The molecule has 0 unspecified atom stereocenters. The number of carbonyl (C=O) groups is 1. The number of aliphatic imine (C=N–C) groups is 1. The van der Waals surface area contributed by atoms with E-state index in [1.54, 1.807) is 13.3 Å². The van der Waals surface area contributed by atoms with Crippen molar-refractivity contribution in [1.29, 1.82) is 0 Å². The Labute approximate surface area is 168 Å². The molecule has 27 heavy (non-hydrogen) atoms. The lowest BCUT2D eigenvalue weighted by atomic mass is 10.0. The van der Waals surface area contributed by atoms with E-state index in [2.05, 4.69) is 49.3 Å². The molecule has 0 aliphatic heterocycles. The Morgan fingerprint density at radius 2 is 1.89 bits per heavy atom. The minimum absolute atomic E-state index is 0.192. The van der Waals surface area contributed by atoms with Crippen molar-refractivity contribution in [2.45, 2.75) is 91.9 Å². The molecular formula is C24H42N2O. The van der Waals surface area contributed by atoms with Crippen molar-refractivity contribution in [3.8, 4) is 0 Å². The predicted molar refractivity (Wildman–Crippen MR) is 120 cm³/mol. The van der Waals surface area contributed by atoms with Gasteiger partial charge in [-0.3, -0.25) is 9.79 Å². The van der Waals surface area contributed by atoms with Crippen LogP contribution in [0.25, 0.3) is 0 Å². The number of allylic oxidation sites excluding steroid dienone is 5. The Kier molecular flexibility index (Phi) is 16.7. The van der Waals surface area contributed by atoms with E-state index in [1.807, 2.05) is 13.1 Å². The molecule has 1 saturated carbocycles. The first-order valence-electron chi connectivity index (χ1n) is 10.8. The normalized spacial score (nSPS) is 16.9. The Morgan fingerprint density at radius 3 is 2.37 bits per heavy atom. The third-order valence-corrected chi connectivity index (χ3v) is 4.90. The Hall–Kier alpha value is -1.64. The van der Waals surface area contributed by atoms with Gasteiger partial charge in [-0.2, -0.15) is 0 Å². The number of nitrogens with zero attached hydrogens (tertiary/aromatic N) is 1. The molecule has 154 valence electrons. The van der Waals surface area contributed by atoms with Gasteiger partial charge in [0, 0.05) is 25.9 Å². The summed E-state index contributed by atoms with van der Waals surface area (Å²) in [6, 6.07) is 0. The summed E-state index contributed by atoms with van der Waals surface area (Å²) < 4.78 is 0. The highest BCUT2D eigenvalue weighted by Crippen LogP contribution is 2.28. The predicted octanol–water partition coefficient (Wildman–Crippen LogP) is 6.77. The fraction of sp³-hybridized carbons (Fsp3) is 0.667.